The number of hydrogen-bond acceptors (Lipinski definition) is 4. The van der Waals surface area contributed by atoms with Crippen LogP contribution in [0.15, 0.2) is 47.7 Å². The first kappa shape index (κ1) is 19.8. The molecule has 0 radical (unpaired) electrons. The van der Waals surface area contributed by atoms with Crippen molar-refractivity contribution in [3.8, 4) is 5.69 Å². The molecule has 0 atom stereocenters. The van der Waals surface area contributed by atoms with Crippen LogP contribution < -0.4 is 10.6 Å². The van der Waals surface area contributed by atoms with Crippen LogP contribution in [0.1, 0.15) is 18.4 Å². The summed E-state index contributed by atoms with van der Waals surface area (Å²) in [5.74, 6) is 0.864. The molecule has 0 amide bonds. The molecule has 1 aliphatic heterocycles. The van der Waals surface area contributed by atoms with E-state index >= 15 is 0 Å². The highest BCUT2D eigenvalue weighted by Crippen LogP contribution is 2.32. The predicted molar refractivity (Wildman–Crippen MR) is 113 cm³/mol. The monoisotopic (exact) mass is 387 g/mol. The predicted octanol–water partition coefficient (Wildman–Crippen LogP) is 2.49. The summed E-state index contributed by atoms with van der Waals surface area (Å²) < 4.78 is 7.63. The lowest BCUT2D eigenvalue weighted by atomic mass is 9.99. The average Bonchev–Trinajstić information content (AvgIpc) is 3.26. The fourth-order valence-corrected chi connectivity index (χ4v) is 4.02. The molecular formula is C20H29N5OS. The second kappa shape index (κ2) is 9.80. The van der Waals surface area contributed by atoms with Gasteiger partial charge in [-0.1, -0.05) is 12.1 Å². The topological polar surface area (TPSA) is 63.5 Å². The Balaban J connectivity index is 1.44. The van der Waals surface area contributed by atoms with Gasteiger partial charge in [0.25, 0.3) is 0 Å². The lowest BCUT2D eigenvalue weighted by molar-refractivity contribution is 0.0783. The van der Waals surface area contributed by atoms with Crippen molar-refractivity contribution in [3.05, 3.63) is 48.3 Å². The number of aromatic nitrogens is 2. The Morgan fingerprint density at radius 3 is 2.67 bits per heavy atom. The summed E-state index contributed by atoms with van der Waals surface area (Å²) in [4.78, 5) is 4.36. The van der Waals surface area contributed by atoms with E-state index < -0.39 is 0 Å². The number of guanidine groups is 1. The maximum absolute atomic E-state index is 5.51. The standard InChI is InChI=1S/C20H29N5OS/c1-21-19(23-16-20(27-2)9-14-26-15-10-20)22-12-8-17-4-6-18(7-5-17)25-13-3-11-24-25/h3-7,11,13H,8-10,12,14-16H2,1-2H3,(H2,21,22,23). The van der Waals surface area contributed by atoms with Gasteiger partial charge in [-0.15, -0.1) is 0 Å². The van der Waals surface area contributed by atoms with Gasteiger partial charge in [0.05, 0.1) is 5.69 Å². The molecular weight excluding hydrogens is 358 g/mol. The zero-order chi connectivity index (χ0) is 19.0. The molecule has 1 fully saturated rings. The van der Waals surface area contributed by atoms with Gasteiger partial charge in [0, 0.05) is 50.5 Å². The second-order valence-electron chi connectivity index (χ2n) is 6.72. The summed E-state index contributed by atoms with van der Waals surface area (Å²) in [6, 6.07) is 10.4. The van der Waals surface area contributed by atoms with Crippen LogP contribution >= 0.6 is 11.8 Å². The number of rotatable bonds is 7. The molecule has 0 aliphatic carbocycles. The zero-order valence-corrected chi connectivity index (χ0v) is 17.0. The first-order valence-electron chi connectivity index (χ1n) is 9.41. The molecule has 2 aromatic rings. The van der Waals surface area contributed by atoms with E-state index in [2.05, 4.69) is 51.2 Å². The molecule has 0 saturated carbocycles. The van der Waals surface area contributed by atoms with Crippen LogP contribution in [-0.4, -0.2) is 60.1 Å². The molecule has 3 rings (SSSR count). The SMILES string of the molecule is CN=C(NCCc1ccc(-n2cccn2)cc1)NCC1(SC)CCOCC1. The smallest absolute Gasteiger partial charge is 0.191 e. The van der Waals surface area contributed by atoms with Gasteiger partial charge in [0.1, 0.15) is 0 Å². The van der Waals surface area contributed by atoms with Crippen LogP contribution in [0.3, 0.4) is 0 Å². The van der Waals surface area contributed by atoms with E-state index in [1.165, 1.54) is 5.56 Å². The molecule has 2 heterocycles. The number of benzene rings is 1. The van der Waals surface area contributed by atoms with Crippen molar-refractivity contribution in [3.63, 3.8) is 0 Å². The van der Waals surface area contributed by atoms with Crippen molar-refractivity contribution < 1.29 is 4.74 Å². The highest BCUT2D eigenvalue weighted by molar-refractivity contribution is 8.00. The van der Waals surface area contributed by atoms with Crippen LogP contribution in [0.5, 0.6) is 0 Å². The van der Waals surface area contributed by atoms with Gasteiger partial charge < -0.3 is 15.4 Å². The third-order valence-corrected chi connectivity index (χ3v) is 6.47. The number of nitrogens with one attached hydrogen (secondary N) is 2. The lowest BCUT2D eigenvalue weighted by Crippen LogP contribution is -2.48. The first-order chi connectivity index (χ1) is 13.2. The van der Waals surface area contributed by atoms with E-state index in [1.807, 2.05) is 35.8 Å². The van der Waals surface area contributed by atoms with Crippen molar-refractivity contribution in [2.24, 2.45) is 4.99 Å². The summed E-state index contributed by atoms with van der Waals surface area (Å²) in [6.07, 6.45) is 9.04. The first-order valence-corrected chi connectivity index (χ1v) is 10.6. The van der Waals surface area contributed by atoms with E-state index in [9.17, 15) is 0 Å². The molecule has 1 aliphatic rings. The van der Waals surface area contributed by atoms with Crippen LogP contribution in [0.4, 0.5) is 0 Å². The van der Waals surface area contributed by atoms with Crippen LogP contribution in [-0.2, 0) is 11.2 Å². The van der Waals surface area contributed by atoms with Crippen molar-refractivity contribution in [2.45, 2.75) is 24.0 Å². The fraction of sp³-hybridized carbons (Fsp3) is 0.500. The van der Waals surface area contributed by atoms with Gasteiger partial charge in [-0.25, -0.2) is 4.68 Å². The molecule has 0 bridgehead atoms. The number of thioether (sulfide) groups is 1. The molecule has 1 aromatic carbocycles. The Kier molecular flexibility index (Phi) is 7.18. The van der Waals surface area contributed by atoms with Crippen LogP contribution in [0.2, 0.25) is 0 Å². The summed E-state index contributed by atoms with van der Waals surface area (Å²) in [5.41, 5.74) is 2.37. The molecule has 6 nitrogen and oxygen atoms in total. The fourth-order valence-electron chi connectivity index (χ4n) is 3.22. The number of nitrogens with zero attached hydrogens (tertiary/aromatic N) is 3. The Hall–Kier alpha value is -1.99. The minimum absolute atomic E-state index is 0.248. The van der Waals surface area contributed by atoms with Gasteiger partial charge in [0.15, 0.2) is 5.96 Å². The van der Waals surface area contributed by atoms with Gasteiger partial charge in [-0.3, -0.25) is 4.99 Å². The highest BCUT2D eigenvalue weighted by atomic mass is 32.2. The van der Waals surface area contributed by atoms with Gasteiger partial charge >= 0.3 is 0 Å². The van der Waals surface area contributed by atoms with Gasteiger partial charge in [-0.2, -0.15) is 16.9 Å². The molecule has 0 unspecified atom stereocenters. The number of aliphatic imine (C=N–C) groups is 1. The van der Waals surface area contributed by atoms with Gasteiger partial charge in [-0.05, 0) is 49.3 Å². The van der Waals surface area contributed by atoms with Crippen molar-refractivity contribution >= 4 is 17.7 Å². The van der Waals surface area contributed by atoms with Crippen molar-refractivity contribution in [2.75, 3.05) is 39.6 Å². The van der Waals surface area contributed by atoms with E-state index in [0.717, 1.165) is 57.2 Å². The van der Waals surface area contributed by atoms with E-state index in [0.29, 0.717) is 0 Å². The van der Waals surface area contributed by atoms with Crippen LogP contribution in [0.25, 0.3) is 5.69 Å². The normalized spacial score (nSPS) is 16.9. The summed E-state index contributed by atoms with van der Waals surface area (Å²) in [7, 11) is 1.82. The Bertz CT molecular complexity index is 708. The third-order valence-electron chi connectivity index (χ3n) is 5.05. The molecule has 7 heteroatoms. The molecule has 2 N–H and O–H groups in total. The minimum Gasteiger partial charge on any atom is -0.381 e. The maximum Gasteiger partial charge on any atom is 0.191 e. The molecule has 146 valence electrons. The van der Waals surface area contributed by atoms with Crippen LogP contribution in [0, 0.1) is 0 Å². The van der Waals surface area contributed by atoms with E-state index in [-0.39, 0.29) is 4.75 Å². The van der Waals surface area contributed by atoms with Crippen molar-refractivity contribution in [1.29, 1.82) is 0 Å². The number of ether oxygens (including phenoxy) is 1. The second-order valence-corrected chi connectivity index (χ2v) is 7.99. The van der Waals surface area contributed by atoms with Gasteiger partial charge in [0.2, 0.25) is 0 Å². The maximum atomic E-state index is 5.51. The number of hydrogen-bond donors (Lipinski definition) is 2. The summed E-state index contributed by atoms with van der Waals surface area (Å²) in [5, 5.41) is 11.2. The van der Waals surface area contributed by atoms with E-state index in [1.54, 1.807) is 6.20 Å². The molecule has 1 aromatic heterocycles. The third kappa shape index (κ3) is 5.49. The largest absolute Gasteiger partial charge is 0.381 e. The molecule has 0 spiro atoms. The Labute approximate surface area is 165 Å². The Morgan fingerprint density at radius 1 is 1.26 bits per heavy atom. The highest BCUT2D eigenvalue weighted by Gasteiger charge is 2.31. The zero-order valence-electron chi connectivity index (χ0n) is 16.1. The summed E-state index contributed by atoms with van der Waals surface area (Å²) >= 11 is 1.93. The Morgan fingerprint density at radius 2 is 2.04 bits per heavy atom. The van der Waals surface area contributed by atoms with Crippen molar-refractivity contribution in [1.82, 2.24) is 20.4 Å². The van der Waals surface area contributed by atoms with E-state index in [4.69, 9.17) is 4.74 Å². The lowest BCUT2D eigenvalue weighted by Gasteiger charge is -2.36. The summed E-state index contributed by atoms with van der Waals surface area (Å²) in [6.45, 7) is 3.46. The minimum atomic E-state index is 0.248. The quantitative estimate of drug-likeness (QED) is 0.565. The molecule has 27 heavy (non-hydrogen) atoms. The molecule has 1 saturated heterocycles. The average molecular weight is 388 g/mol.